The Hall–Kier alpha value is -4.38. The molecule has 2 aromatic carbocycles. The Morgan fingerprint density at radius 2 is 2.00 bits per heavy atom. The van der Waals surface area contributed by atoms with Crippen LogP contribution in [0.5, 0.6) is 0 Å². The molecule has 0 saturated heterocycles. The molecule has 0 saturated carbocycles. The van der Waals surface area contributed by atoms with Gasteiger partial charge in [0.15, 0.2) is 5.58 Å². The van der Waals surface area contributed by atoms with Gasteiger partial charge in [-0.3, -0.25) is 14.4 Å². The van der Waals surface area contributed by atoms with Gasteiger partial charge in [0.05, 0.1) is 24.0 Å². The van der Waals surface area contributed by atoms with Crippen molar-refractivity contribution in [1.82, 2.24) is 9.88 Å². The lowest BCUT2D eigenvalue weighted by atomic mass is 10.0. The van der Waals surface area contributed by atoms with Gasteiger partial charge >= 0.3 is 5.76 Å². The van der Waals surface area contributed by atoms with Crippen molar-refractivity contribution in [2.24, 2.45) is 12.0 Å². The zero-order chi connectivity index (χ0) is 21.8. The van der Waals surface area contributed by atoms with Crippen LogP contribution >= 0.6 is 0 Å². The third-order valence-electron chi connectivity index (χ3n) is 4.84. The Bertz CT molecular complexity index is 1320. The van der Waals surface area contributed by atoms with E-state index >= 15 is 0 Å². The minimum absolute atomic E-state index is 0.0182. The quantitative estimate of drug-likeness (QED) is 0.690. The topological polar surface area (TPSA) is 110 Å². The molecule has 0 spiro atoms. The molecule has 4 rings (SSSR count). The van der Waals surface area contributed by atoms with Gasteiger partial charge in [-0.2, -0.15) is 5.26 Å². The molecule has 0 aliphatic carbocycles. The molecular formula is C23H18N4O4. The van der Waals surface area contributed by atoms with E-state index in [0.29, 0.717) is 17.5 Å². The van der Waals surface area contributed by atoms with E-state index in [0.717, 1.165) is 16.7 Å². The van der Waals surface area contributed by atoms with Gasteiger partial charge in [-0.05, 0) is 34.9 Å². The summed E-state index contributed by atoms with van der Waals surface area (Å²) in [4.78, 5) is 27.9. The molecule has 3 aromatic rings. The molecule has 1 atom stereocenters. The summed E-state index contributed by atoms with van der Waals surface area (Å²) in [6, 6.07) is 14.6. The third-order valence-corrected chi connectivity index (χ3v) is 4.84. The second-order valence-electron chi connectivity index (χ2n) is 6.90. The summed E-state index contributed by atoms with van der Waals surface area (Å²) >= 11 is 0. The van der Waals surface area contributed by atoms with Gasteiger partial charge < -0.3 is 14.5 Å². The van der Waals surface area contributed by atoms with Crippen molar-refractivity contribution in [3.05, 3.63) is 82.9 Å². The van der Waals surface area contributed by atoms with Gasteiger partial charge in [-0.25, -0.2) is 4.79 Å². The smallest absolute Gasteiger partial charge is 0.419 e. The van der Waals surface area contributed by atoms with Gasteiger partial charge in [0.1, 0.15) is 6.04 Å². The first kappa shape index (κ1) is 19.9. The average molecular weight is 414 g/mol. The summed E-state index contributed by atoms with van der Waals surface area (Å²) in [5.74, 6) is -0.893. The van der Waals surface area contributed by atoms with E-state index < -0.39 is 17.7 Å². The molecule has 1 aromatic heterocycles. The number of hydrogen-bond acceptors (Lipinski definition) is 6. The number of amides is 1. The lowest BCUT2D eigenvalue weighted by Gasteiger charge is -2.13. The summed E-state index contributed by atoms with van der Waals surface area (Å²) in [6.45, 7) is 0. The molecule has 2 heterocycles. The van der Waals surface area contributed by atoms with Gasteiger partial charge in [-0.1, -0.05) is 30.3 Å². The predicted molar refractivity (Wildman–Crippen MR) is 115 cm³/mol. The number of carbonyl (C=O) groups is 1. The van der Waals surface area contributed by atoms with E-state index in [2.05, 4.69) is 16.4 Å². The van der Waals surface area contributed by atoms with Crippen LogP contribution in [0.1, 0.15) is 5.56 Å². The minimum Gasteiger partial charge on any atom is -0.458 e. The van der Waals surface area contributed by atoms with Crippen LogP contribution in [0, 0.1) is 11.3 Å². The molecular weight excluding hydrogens is 396 g/mol. The van der Waals surface area contributed by atoms with Crippen LogP contribution in [0.2, 0.25) is 0 Å². The van der Waals surface area contributed by atoms with E-state index in [1.807, 2.05) is 36.4 Å². The number of fused-ring (bicyclic) bond motifs is 1. The summed E-state index contributed by atoms with van der Waals surface area (Å²) in [5, 5.41) is 12.1. The van der Waals surface area contributed by atoms with Crippen LogP contribution in [-0.2, 0) is 23.0 Å². The Morgan fingerprint density at radius 3 is 2.77 bits per heavy atom. The van der Waals surface area contributed by atoms with E-state index in [9.17, 15) is 14.9 Å². The van der Waals surface area contributed by atoms with Crippen molar-refractivity contribution in [2.45, 2.75) is 12.5 Å². The molecule has 0 unspecified atom stereocenters. The highest BCUT2D eigenvalue weighted by Crippen LogP contribution is 2.24. The third kappa shape index (κ3) is 4.31. The first-order chi connectivity index (χ1) is 15.0. The van der Waals surface area contributed by atoms with E-state index in [1.54, 1.807) is 19.2 Å². The molecule has 0 bridgehead atoms. The van der Waals surface area contributed by atoms with Gasteiger partial charge in [0.25, 0.3) is 5.91 Å². The molecule has 1 N–H and O–H groups in total. The second kappa shape index (κ2) is 8.55. The monoisotopic (exact) mass is 414 g/mol. The maximum Gasteiger partial charge on any atom is 0.419 e. The van der Waals surface area contributed by atoms with Crippen LogP contribution in [0.25, 0.3) is 22.2 Å². The SMILES string of the molecule is Cn1c(=O)oc2ccc(-c3ccc(C[C@@H](C#N)NC(=O)C4=CN=CC=CO4)cc3)cc21. The Balaban J connectivity index is 1.47. The normalized spacial score (nSPS) is 13.7. The van der Waals surface area contributed by atoms with Crippen LogP contribution in [0.3, 0.4) is 0 Å². The number of aryl methyl sites for hydroxylation is 1. The Kier molecular flexibility index (Phi) is 5.49. The first-order valence-corrected chi connectivity index (χ1v) is 9.49. The van der Waals surface area contributed by atoms with Crippen LogP contribution in [0.4, 0.5) is 0 Å². The molecule has 154 valence electrons. The van der Waals surface area contributed by atoms with E-state index in [1.165, 1.54) is 23.2 Å². The van der Waals surface area contributed by atoms with E-state index in [4.69, 9.17) is 9.15 Å². The number of nitrogens with one attached hydrogen (secondary N) is 1. The van der Waals surface area contributed by atoms with Crippen LogP contribution in [-0.4, -0.2) is 22.7 Å². The molecule has 0 fully saturated rings. The van der Waals surface area contributed by atoms with Crippen molar-refractivity contribution in [3.8, 4) is 17.2 Å². The molecule has 8 nitrogen and oxygen atoms in total. The van der Waals surface area contributed by atoms with Gasteiger partial charge in [0, 0.05) is 19.7 Å². The number of benzene rings is 2. The summed E-state index contributed by atoms with van der Waals surface area (Å²) in [6.07, 6.45) is 6.04. The molecule has 1 aliphatic rings. The maximum absolute atomic E-state index is 12.3. The van der Waals surface area contributed by atoms with E-state index in [-0.39, 0.29) is 5.76 Å². The van der Waals surface area contributed by atoms with Gasteiger partial charge in [-0.15, -0.1) is 0 Å². The fourth-order valence-electron chi connectivity index (χ4n) is 3.18. The number of nitriles is 1. The number of aromatic nitrogens is 1. The van der Waals surface area contributed by atoms with Crippen LogP contribution in [0.15, 0.2) is 81.0 Å². The summed E-state index contributed by atoms with van der Waals surface area (Å²) in [5.41, 5.74) is 4.04. The summed E-state index contributed by atoms with van der Waals surface area (Å²) < 4.78 is 11.8. The molecule has 0 radical (unpaired) electrons. The van der Waals surface area contributed by atoms with Crippen molar-refractivity contribution in [1.29, 1.82) is 5.26 Å². The number of rotatable bonds is 5. The highest BCUT2D eigenvalue weighted by molar-refractivity contribution is 5.92. The standard InChI is InChI=1S/C23H18N4O4/c1-27-19-12-17(7-8-20(19)31-23(27)29)16-5-3-15(4-6-16)11-18(13-24)26-22(28)21-14-25-9-2-10-30-21/h2-10,12,14,18H,11H2,1H3,(H,26,28)/t18-/m0/s1. The highest BCUT2D eigenvalue weighted by atomic mass is 16.5. The number of hydrogen-bond donors (Lipinski definition) is 1. The Labute approximate surface area is 177 Å². The number of aliphatic imine (C=N–C) groups is 1. The Morgan fingerprint density at radius 1 is 1.23 bits per heavy atom. The fraction of sp³-hybridized carbons (Fsp3) is 0.130. The first-order valence-electron chi connectivity index (χ1n) is 9.49. The minimum atomic E-state index is -0.726. The van der Waals surface area contributed by atoms with Crippen LogP contribution < -0.4 is 11.1 Å². The molecule has 1 aliphatic heterocycles. The van der Waals surface area contributed by atoms with Crippen molar-refractivity contribution in [3.63, 3.8) is 0 Å². The molecule has 8 heteroatoms. The molecule has 1 amide bonds. The van der Waals surface area contributed by atoms with Gasteiger partial charge in [0.2, 0.25) is 5.76 Å². The highest BCUT2D eigenvalue weighted by Gasteiger charge is 2.17. The number of allylic oxidation sites excluding steroid dienone is 1. The molecule has 31 heavy (non-hydrogen) atoms. The number of carbonyl (C=O) groups excluding carboxylic acids is 1. The number of ether oxygens (including phenoxy) is 1. The predicted octanol–water partition coefficient (Wildman–Crippen LogP) is 2.81. The number of nitrogens with zero attached hydrogens (tertiary/aromatic N) is 3. The lowest BCUT2D eigenvalue weighted by Crippen LogP contribution is -2.36. The van der Waals surface area contributed by atoms with Crippen molar-refractivity contribution >= 4 is 23.2 Å². The zero-order valence-electron chi connectivity index (χ0n) is 16.6. The van der Waals surface area contributed by atoms with Crippen molar-refractivity contribution < 1.29 is 13.9 Å². The summed E-state index contributed by atoms with van der Waals surface area (Å²) in [7, 11) is 1.66. The second-order valence-corrected chi connectivity index (χ2v) is 6.90. The average Bonchev–Trinajstić information content (AvgIpc) is 2.96. The lowest BCUT2D eigenvalue weighted by molar-refractivity contribution is -0.120. The fourth-order valence-corrected chi connectivity index (χ4v) is 3.18. The zero-order valence-corrected chi connectivity index (χ0v) is 16.6. The maximum atomic E-state index is 12.3. The number of oxazole rings is 1. The van der Waals surface area contributed by atoms with Crippen molar-refractivity contribution in [2.75, 3.05) is 0 Å². The largest absolute Gasteiger partial charge is 0.458 e.